The summed E-state index contributed by atoms with van der Waals surface area (Å²) in [5.41, 5.74) is 6.25. The number of nitrogens with two attached hydrogens (primary N) is 1. The van der Waals surface area contributed by atoms with Gasteiger partial charge in [0.05, 0.1) is 12.1 Å². The maximum absolute atomic E-state index is 11.3. The quantitative estimate of drug-likeness (QED) is 0.809. The van der Waals surface area contributed by atoms with Crippen molar-refractivity contribution in [3.63, 3.8) is 0 Å². The first-order valence-electron chi connectivity index (χ1n) is 5.06. The van der Waals surface area contributed by atoms with Gasteiger partial charge in [-0.15, -0.1) is 0 Å². The molecule has 1 aromatic carbocycles. The number of hydrogen-bond acceptors (Lipinski definition) is 5. The number of rotatable bonds is 2. The lowest BCUT2D eigenvalue weighted by Gasteiger charge is -2.21. The standard InChI is InChI=1S/C11H12ClNO4/c1-15-11(14)9(13)6-4-7(12)10-8(5-6)16-2-3-17-10/h4-5,9H,2-3,13H2,1H3. The molecule has 0 fully saturated rings. The van der Waals surface area contributed by atoms with Crippen molar-refractivity contribution in [1.29, 1.82) is 0 Å². The van der Waals surface area contributed by atoms with Gasteiger partial charge < -0.3 is 19.9 Å². The number of methoxy groups -OCH3 is 1. The third kappa shape index (κ3) is 2.30. The van der Waals surface area contributed by atoms with Crippen LogP contribution < -0.4 is 15.2 Å². The minimum Gasteiger partial charge on any atom is -0.486 e. The van der Waals surface area contributed by atoms with Gasteiger partial charge in [-0.1, -0.05) is 11.6 Å². The lowest BCUT2D eigenvalue weighted by atomic mass is 10.1. The molecule has 1 aliphatic heterocycles. The van der Waals surface area contributed by atoms with Gasteiger partial charge in [0.25, 0.3) is 0 Å². The highest BCUT2D eigenvalue weighted by atomic mass is 35.5. The van der Waals surface area contributed by atoms with Gasteiger partial charge in [-0.3, -0.25) is 4.79 Å². The average Bonchev–Trinajstić information content (AvgIpc) is 2.37. The first-order valence-corrected chi connectivity index (χ1v) is 5.43. The normalized spacial score (nSPS) is 15.2. The maximum atomic E-state index is 11.3. The van der Waals surface area contributed by atoms with Crippen LogP contribution >= 0.6 is 11.6 Å². The van der Waals surface area contributed by atoms with Crippen molar-refractivity contribution in [2.24, 2.45) is 5.73 Å². The molecule has 1 unspecified atom stereocenters. The Hall–Kier alpha value is -1.46. The lowest BCUT2D eigenvalue weighted by molar-refractivity contribution is -0.142. The lowest BCUT2D eigenvalue weighted by Crippen LogP contribution is -2.23. The summed E-state index contributed by atoms with van der Waals surface area (Å²) in [6, 6.07) is 2.34. The molecule has 1 aromatic rings. The molecule has 1 aliphatic rings. The van der Waals surface area contributed by atoms with E-state index in [0.29, 0.717) is 35.3 Å². The average molecular weight is 258 g/mol. The number of benzene rings is 1. The van der Waals surface area contributed by atoms with E-state index in [1.54, 1.807) is 12.1 Å². The summed E-state index contributed by atoms with van der Waals surface area (Å²) >= 11 is 6.03. The van der Waals surface area contributed by atoms with Crippen molar-refractivity contribution in [3.05, 3.63) is 22.7 Å². The second-order valence-corrected chi connectivity index (χ2v) is 3.93. The van der Waals surface area contributed by atoms with E-state index in [1.807, 2.05) is 0 Å². The molecular formula is C11H12ClNO4. The van der Waals surface area contributed by atoms with E-state index in [4.69, 9.17) is 26.8 Å². The van der Waals surface area contributed by atoms with Gasteiger partial charge >= 0.3 is 5.97 Å². The van der Waals surface area contributed by atoms with Gasteiger partial charge in [-0.2, -0.15) is 0 Å². The molecule has 0 aliphatic carbocycles. The van der Waals surface area contributed by atoms with Crippen LogP contribution in [0.2, 0.25) is 5.02 Å². The third-order valence-corrected chi connectivity index (χ3v) is 2.71. The van der Waals surface area contributed by atoms with Crippen molar-refractivity contribution in [3.8, 4) is 11.5 Å². The molecular weight excluding hydrogens is 246 g/mol. The van der Waals surface area contributed by atoms with E-state index in [0.717, 1.165) is 0 Å². The van der Waals surface area contributed by atoms with E-state index < -0.39 is 12.0 Å². The Balaban J connectivity index is 2.37. The summed E-state index contributed by atoms with van der Waals surface area (Å²) in [5, 5.41) is 0.372. The highest BCUT2D eigenvalue weighted by molar-refractivity contribution is 6.32. The predicted octanol–water partition coefficient (Wildman–Crippen LogP) is 1.28. The van der Waals surface area contributed by atoms with Crippen LogP contribution in [-0.2, 0) is 9.53 Å². The van der Waals surface area contributed by atoms with Crippen molar-refractivity contribution < 1.29 is 19.0 Å². The number of halogens is 1. The zero-order valence-electron chi connectivity index (χ0n) is 9.23. The Bertz CT molecular complexity index is 449. The van der Waals surface area contributed by atoms with Crippen LogP contribution in [0, 0.1) is 0 Å². The highest BCUT2D eigenvalue weighted by Crippen LogP contribution is 2.39. The molecule has 1 heterocycles. The van der Waals surface area contributed by atoms with Gasteiger partial charge in [-0.25, -0.2) is 0 Å². The van der Waals surface area contributed by atoms with Crippen LogP contribution in [0.5, 0.6) is 11.5 Å². The molecule has 2 rings (SSSR count). The molecule has 5 nitrogen and oxygen atoms in total. The van der Waals surface area contributed by atoms with Crippen LogP contribution in [0.15, 0.2) is 12.1 Å². The molecule has 6 heteroatoms. The third-order valence-electron chi connectivity index (χ3n) is 2.43. The Labute approximate surface area is 103 Å². The van der Waals surface area contributed by atoms with E-state index >= 15 is 0 Å². The largest absolute Gasteiger partial charge is 0.486 e. The predicted molar refractivity (Wildman–Crippen MR) is 61.4 cm³/mol. The summed E-state index contributed by atoms with van der Waals surface area (Å²) in [4.78, 5) is 11.3. The zero-order chi connectivity index (χ0) is 12.4. The van der Waals surface area contributed by atoms with Gasteiger partial charge in [-0.05, 0) is 17.7 Å². The molecule has 0 spiro atoms. The number of hydrogen-bond donors (Lipinski definition) is 1. The van der Waals surface area contributed by atoms with Crippen LogP contribution in [-0.4, -0.2) is 26.3 Å². The molecule has 0 radical (unpaired) electrons. The number of fused-ring (bicyclic) bond motifs is 1. The molecule has 2 N–H and O–H groups in total. The molecule has 92 valence electrons. The Kier molecular flexibility index (Phi) is 3.40. The SMILES string of the molecule is COC(=O)C(N)c1cc(Cl)c2c(c1)OCCO2. The fraction of sp³-hybridized carbons (Fsp3) is 0.364. The van der Waals surface area contributed by atoms with Crippen molar-refractivity contribution in [1.82, 2.24) is 0 Å². The number of carbonyl (C=O) groups is 1. The minimum atomic E-state index is -0.881. The molecule has 0 saturated heterocycles. The summed E-state index contributed by atoms with van der Waals surface area (Å²) < 4.78 is 15.3. The number of esters is 1. The topological polar surface area (TPSA) is 70.8 Å². The van der Waals surface area contributed by atoms with Crippen LogP contribution in [0.25, 0.3) is 0 Å². The van der Waals surface area contributed by atoms with Crippen LogP contribution in [0.1, 0.15) is 11.6 Å². The highest BCUT2D eigenvalue weighted by Gasteiger charge is 2.22. The van der Waals surface area contributed by atoms with Gasteiger partial charge in [0.2, 0.25) is 0 Å². The van der Waals surface area contributed by atoms with Gasteiger partial charge in [0.1, 0.15) is 19.3 Å². The molecule has 0 amide bonds. The number of carbonyl (C=O) groups excluding carboxylic acids is 1. The molecule has 0 bridgehead atoms. The van der Waals surface area contributed by atoms with Crippen LogP contribution in [0.3, 0.4) is 0 Å². The molecule has 1 atom stereocenters. The second kappa shape index (κ2) is 4.81. The molecule has 0 aromatic heterocycles. The minimum absolute atomic E-state index is 0.372. The van der Waals surface area contributed by atoms with E-state index in [9.17, 15) is 4.79 Å². The Morgan fingerprint density at radius 2 is 2.18 bits per heavy atom. The van der Waals surface area contributed by atoms with Crippen LogP contribution in [0.4, 0.5) is 0 Å². The monoisotopic (exact) mass is 257 g/mol. The van der Waals surface area contributed by atoms with Crippen molar-refractivity contribution in [2.75, 3.05) is 20.3 Å². The number of ether oxygens (including phenoxy) is 3. The van der Waals surface area contributed by atoms with E-state index in [2.05, 4.69) is 4.74 Å². The summed E-state index contributed by atoms with van der Waals surface area (Å²) in [5.74, 6) is 0.453. The van der Waals surface area contributed by atoms with E-state index in [-0.39, 0.29) is 0 Å². The molecule has 0 saturated carbocycles. The zero-order valence-corrected chi connectivity index (χ0v) is 9.99. The Morgan fingerprint density at radius 3 is 2.88 bits per heavy atom. The summed E-state index contributed by atoms with van der Waals surface area (Å²) in [6.45, 7) is 0.898. The summed E-state index contributed by atoms with van der Waals surface area (Å²) in [6.07, 6.45) is 0. The molecule has 17 heavy (non-hydrogen) atoms. The maximum Gasteiger partial charge on any atom is 0.327 e. The summed E-state index contributed by atoms with van der Waals surface area (Å²) in [7, 11) is 1.28. The van der Waals surface area contributed by atoms with Crippen molar-refractivity contribution in [2.45, 2.75) is 6.04 Å². The first kappa shape index (κ1) is 12.0. The van der Waals surface area contributed by atoms with Gasteiger partial charge in [0, 0.05) is 0 Å². The van der Waals surface area contributed by atoms with Crippen molar-refractivity contribution >= 4 is 17.6 Å². The first-order chi connectivity index (χ1) is 8.13. The fourth-order valence-electron chi connectivity index (χ4n) is 1.57. The fourth-order valence-corrected chi connectivity index (χ4v) is 1.85. The Morgan fingerprint density at radius 1 is 1.47 bits per heavy atom. The second-order valence-electron chi connectivity index (χ2n) is 3.53. The van der Waals surface area contributed by atoms with E-state index in [1.165, 1.54) is 7.11 Å². The smallest absolute Gasteiger partial charge is 0.327 e. The van der Waals surface area contributed by atoms with Gasteiger partial charge in [0.15, 0.2) is 11.5 Å².